The molecule has 1 atom stereocenters. The number of nitrogens with one attached hydrogen (secondary N) is 1. The molecule has 1 aliphatic heterocycles. The minimum atomic E-state index is -0.406. The molecule has 1 saturated heterocycles. The molecule has 0 saturated carbocycles. The van der Waals surface area contributed by atoms with Crippen molar-refractivity contribution in [3.8, 4) is 0 Å². The molecule has 0 radical (unpaired) electrons. The number of hydrogen-bond acceptors (Lipinski definition) is 3. The summed E-state index contributed by atoms with van der Waals surface area (Å²) in [5.41, 5.74) is 3.60. The summed E-state index contributed by atoms with van der Waals surface area (Å²) in [4.78, 5) is 0. The molecular weight excluding hydrogens is 243 g/mol. The van der Waals surface area contributed by atoms with Gasteiger partial charge in [-0.05, 0) is 36.5 Å². The van der Waals surface area contributed by atoms with Gasteiger partial charge in [0.25, 0.3) is 0 Å². The molecule has 0 aromatic heterocycles. The maximum absolute atomic E-state index is 13.4. The molecular formula is C12H16ClFN2O. The van der Waals surface area contributed by atoms with Crippen molar-refractivity contribution in [2.45, 2.75) is 18.9 Å². The third-order valence-electron chi connectivity index (χ3n) is 3.22. The van der Waals surface area contributed by atoms with E-state index in [9.17, 15) is 4.39 Å². The first-order valence-electron chi connectivity index (χ1n) is 5.71. The second kappa shape index (κ2) is 5.78. The SMILES string of the molecule is NNC(c1ccc(Cl)c(F)c1)C1CCOCC1. The van der Waals surface area contributed by atoms with E-state index in [4.69, 9.17) is 22.2 Å². The van der Waals surface area contributed by atoms with Crippen LogP contribution in [0.1, 0.15) is 24.4 Å². The van der Waals surface area contributed by atoms with Gasteiger partial charge in [0.1, 0.15) is 5.82 Å². The Balaban J connectivity index is 2.18. The molecule has 1 fully saturated rings. The highest BCUT2D eigenvalue weighted by Gasteiger charge is 2.25. The Hall–Kier alpha value is -0.680. The van der Waals surface area contributed by atoms with E-state index in [1.165, 1.54) is 6.07 Å². The predicted molar refractivity (Wildman–Crippen MR) is 65.0 cm³/mol. The highest BCUT2D eigenvalue weighted by molar-refractivity contribution is 6.30. The third kappa shape index (κ3) is 2.96. The average molecular weight is 259 g/mol. The van der Waals surface area contributed by atoms with Gasteiger partial charge >= 0.3 is 0 Å². The summed E-state index contributed by atoms with van der Waals surface area (Å²) in [5, 5.41) is 0.136. The molecule has 0 aliphatic carbocycles. The molecule has 1 unspecified atom stereocenters. The van der Waals surface area contributed by atoms with E-state index in [0.29, 0.717) is 5.92 Å². The molecule has 0 amide bonds. The summed E-state index contributed by atoms with van der Waals surface area (Å²) in [5.74, 6) is 5.54. The second-order valence-corrected chi connectivity index (χ2v) is 4.67. The van der Waals surface area contributed by atoms with Gasteiger partial charge in [0, 0.05) is 19.3 Å². The van der Waals surface area contributed by atoms with E-state index >= 15 is 0 Å². The third-order valence-corrected chi connectivity index (χ3v) is 3.53. The topological polar surface area (TPSA) is 47.3 Å². The Bertz CT molecular complexity index is 383. The highest BCUT2D eigenvalue weighted by atomic mass is 35.5. The molecule has 94 valence electrons. The molecule has 1 heterocycles. The number of nitrogens with two attached hydrogens (primary N) is 1. The number of hydrazine groups is 1. The lowest BCUT2D eigenvalue weighted by Crippen LogP contribution is -2.36. The van der Waals surface area contributed by atoms with Crippen LogP contribution in [-0.4, -0.2) is 13.2 Å². The van der Waals surface area contributed by atoms with Gasteiger partial charge in [-0.3, -0.25) is 11.3 Å². The molecule has 3 nitrogen and oxygen atoms in total. The van der Waals surface area contributed by atoms with Crippen LogP contribution < -0.4 is 11.3 Å². The standard InChI is InChI=1S/C12H16ClFN2O/c13-10-2-1-9(7-11(10)14)12(16-15)8-3-5-17-6-4-8/h1-2,7-8,12,16H,3-6,15H2. The molecule has 1 aromatic carbocycles. The molecule has 3 N–H and O–H groups in total. The molecule has 17 heavy (non-hydrogen) atoms. The minimum Gasteiger partial charge on any atom is -0.381 e. The molecule has 2 rings (SSSR count). The van der Waals surface area contributed by atoms with Gasteiger partial charge < -0.3 is 4.74 Å². The van der Waals surface area contributed by atoms with Crippen LogP contribution in [0.15, 0.2) is 18.2 Å². The summed E-state index contributed by atoms with van der Waals surface area (Å²) >= 11 is 5.67. The molecule has 1 aliphatic rings. The number of ether oxygens (including phenoxy) is 1. The quantitative estimate of drug-likeness (QED) is 0.647. The average Bonchev–Trinajstić information content (AvgIpc) is 2.36. The lowest BCUT2D eigenvalue weighted by atomic mass is 9.87. The molecule has 0 bridgehead atoms. The van der Waals surface area contributed by atoms with Crippen molar-refractivity contribution in [1.82, 2.24) is 5.43 Å². The van der Waals surface area contributed by atoms with Crippen molar-refractivity contribution in [2.24, 2.45) is 11.8 Å². The zero-order valence-corrected chi connectivity index (χ0v) is 10.2. The van der Waals surface area contributed by atoms with Gasteiger partial charge in [-0.1, -0.05) is 17.7 Å². The second-order valence-electron chi connectivity index (χ2n) is 4.27. The molecule has 5 heteroatoms. The fourth-order valence-corrected chi connectivity index (χ4v) is 2.38. The Morgan fingerprint density at radius 1 is 1.41 bits per heavy atom. The Labute approximate surface area is 105 Å². The van der Waals surface area contributed by atoms with E-state index in [-0.39, 0.29) is 11.1 Å². The van der Waals surface area contributed by atoms with Crippen molar-refractivity contribution in [2.75, 3.05) is 13.2 Å². The van der Waals surface area contributed by atoms with Crippen LogP contribution >= 0.6 is 11.6 Å². The predicted octanol–water partition coefficient (Wildman–Crippen LogP) is 2.41. The smallest absolute Gasteiger partial charge is 0.142 e. The van der Waals surface area contributed by atoms with E-state index in [0.717, 1.165) is 31.6 Å². The number of halogens is 2. The lowest BCUT2D eigenvalue weighted by molar-refractivity contribution is 0.0536. The van der Waals surface area contributed by atoms with Crippen molar-refractivity contribution in [1.29, 1.82) is 0 Å². The Kier molecular flexibility index (Phi) is 4.34. The first-order valence-corrected chi connectivity index (χ1v) is 6.09. The van der Waals surface area contributed by atoms with Gasteiger partial charge in [-0.2, -0.15) is 0 Å². The Morgan fingerprint density at radius 3 is 2.71 bits per heavy atom. The maximum atomic E-state index is 13.4. The molecule has 1 aromatic rings. The fraction of sp³-hybridized carbons (Fsp3) is 0.500. The van der Waals surface area contributed by atoms with Gasteiger partial charge in [0.2, 0.25) is 0 Å². The normalized spacial score (nSPS) is 19.2. The van der Waals surface area contributed by atoms with E-state index in [1.54, 1.807) is 6.07 Å². The first kappa shape index (κ1) is 12.8. The monoisotopic (exact) mass is 258 g/mol. The van der Waals surface area contributed by atoms with Crippen molar-refractivity contribution < 1.29 is 9.13 Å². The summed E-state index contributed by atoms with van der Waals surface area (Å²) < 4.78 is 18.7. The van der Waals surface area contributed by atoms with Crippen molar-refractivity contribution in [3.05, 3.63) is 34.6 Å². The van der Waals surface area contributed by atoms with Crippen molar-refractivity contribution in [3.63, 3.8) is 0 Å². The summed E-state index contributed by atoms with van der Waals surface area (Å²) in [7, 11) is 0. The van der Waals surface area contributed by atoms with Crippen LogP contribution in [0, 0.1) is 11.7 Å². The van der Waals surface area contributed by atoms with Crippen LogP contribution in [0.3, 0.4) is 0 Å². The number of hydrogen-bond donors (Lipinski definition) is 2. The van der Waals surface area contributed by atoms with Gasteiger partial charge in [-0.25, -0.2) is 4.39 Å². The van der Waals surface area contributed by atoms with E-state index < -0.39 is 5.82 Å². The fourth-order valence-electron chi connectivity index (χ4n) is 2.26. The van der Waals surface area contributed by atoms with E-state index in [1.807, 2.05) is 6.07 Å². The zero-order chi connectivity index (χ0) is 12.3. The lowest BCUT2D eigenvalue weighted by Gasteiger charge is -2.30. The molecule has 0 spiro atoms. The van der Waals surface area contributed by atoms with Crippen LogP contribution in [0.5, 0.6) is 0 Å². The zero-order valence-electron chi connectivity index (χ0n) is 9.46. The summed E-state index contributed by atoms with van der Waals surface area (Å²) in [6.07, 6.45) is 1.86. The van der Waals surface area contributed by atoms with Crippen LogP contribution in [0.4, 0.5) is 4.39 Å². The summed E-state index contributed by atoms with van der Waals surface area (Å²) in [6.45, 7) is 1.47. The van der Waals surface area contributed by atoms with Crippen LogP contribution in [-0.2, 0) is 4.74 Å². The van der Waals surface area contributed by atoms with Gasteiger partial charge in [0.15, 0.2) is 0 Å². The van der Waals surface area contributed by atoms with Gasteiger partial charge in [0.05, 0.1) is 5.02 Å². The minimum absolute atomic E-state index is 0.0503. The Morgan fingerprint density at radius 2 is 2.12 bits per heavy atom. The largest absolute Gasteiger partial charge is 0.381 e. The first-order chi connectivity index (χ1) is 8.22. The summed E-state index contributed by atoms with van der Waals surface area (Å²) in [6, 6.07) is 4.77. The van der Waals surface area contributed by atoms with Crippen LogP contribution in [0.25, 0.3) is 0 Å². The van der Waals surface area contributed by atoms with Gasteiger partial charge in [-0.15, -0.1) is 0 Å². The van der Waals surface area contributed by atoms with E-state index in [2.05, 4.69) is 5.43 Å². The maximum Gasteiger partial charge on any atom is 0.142 e. The van der Waals surface area contributed by atoms with Crippen LogP contribution in [0.2, 0.25) is 5.02 Å². The number of benzene rings is 1. The highest BCUT2D eigenvalue weighted by Crippen LogP contribution is 2.30. The number of rotatable bonds is 3. The van der Waals surface area contributed by atoms with Crippen molar-refractivity contribution >= 4 is 11.6 Å².